The second-order valence-electron chi connectivity index (χ2n) is 4.28. The number of hydrogen-bond donors (Lipinski definition) is 0. The molecule has 2 fully saturated rings. The number of cyclic esters (lactones) is 4. The van der Waals surface area contributed by atoms with Crippen LogP contribution >= 0.6 is 11.8 Å². The van der Waals surface area contributed by atoms with Gasteiger partial charge in [-0.25, -0.2) is 19.2 Å². The van der Waals surface area contributed by atoms with E-state index < -0.39 is 36.5 Å². The quantitative estimate of drug-likeness (QED) is 0.330. The second kappa shape index (κ2) is 8.46. The minimum absolute atomic E-state index is 0.125. The predicted molar refractivity (Wildman–Crippen MR) is 71.7 cm³/mol. The Kier molecular flexibility index (Phi) is 6.32. The smallest absolute Gasteiger partial charge is 0.462 e. The fourth-order valence-corrected chi connectivity index (χ4v) is 2.18. The average Bonchev–Trinajstić information content (AvgIpc) is 3.14. The first kappa shape index (κ1) is 17.2. The molecule has 0 aromatic rings. The molecule has 0 amide bonds. The van der Waals surface area contributed by atoms with E-state index in [0.717, 1.165) is 0 Å². The summed E-state index contributed by atoms with van der Waals surface area (Å²) in [7, 11) is 0. The molecule has 11 heteroatoms. The van der Waals surface area contributed by atoms with Crippen molar-refractivity contribution in [3.05, 3.63) is 0 Å². The predicted octanol–water partition coefficient (Wildman–Crippen LogP) is -0.123. The minimum atomic E-state index is -1.01. The van der Waals surface area contributed by atoms with Crippen molar-refractivity contribution in [1.29, 1.82) is 0 Å². The fourth-order valence-electron chi connectivity index (χ4n) is 1.58. The van der Waals surface area contributed by atoms with Crippen LogP contribution in [0.5, 0.6) is 0 Å². The summed E-state index contributed by atoms with van der Waals surface area (Å²) in [5.74, 6) is -0.365. The van der Waals surface area contributed by atoms with E-state index >= 15 is 0 Å². The fraction of sp³-hybridized carbons (Fsp3) is 0.667. The third-order valence-corrected chi connectivity index (χ3v) is 3.56. The number of ether oxygens (including phenoxy) is 6. The third kappa shape index (κ3) is 5.51. The van der Waals surface area contributed by atoms with Crippen LogP contribution in [-0.4, -0.2) is 74.4 Å². The summed E-state index contributed by atoms with van der Waals surface area (Å²) >= 11 is 1.39. The molecular formula is C12H14O10S. The lowest BCUT2D eigenvalue weighted by Gasteiger charge is -2.08. The van der Waals surface area contributed by atoms with Crippen LogP contribution in [0.3, 0.4) is 0 Å². The molecule has 23 heavy (non-hydrogen) atoms. The van der Waals surface area contributed by atoms with Crippen LogP contribution in [0.4, 0.5) is 9.59 Å². The van der Waals surface area contributed by atoms with Gasteiger partial charge >= 0.3 is 24.2 Å². The molecule has 0 bridgehead atoms. The maximum Gasteiger partial charge on any atom is 0.509 e. The third-order valence-electron chi connectivity index (χ3n) is 2.65. The van der Waals surface area contributed by atoms with Gasteiger partial charge in [0.25, 0.3) is 0 Å². The molecule has 2 unspecified atom stereocenters. The van der Waals surface area contributed by atoms with Gasteiger partial charge in [-0.05, 0) is 0 Å². The summed E-state index contributed by atoms with van der Waals surface area (Å²) in [4.78, 5) is 44.1. The Morgan fingerprint density at radius 1 is 0.913 bits per heavy atom. The molecule has 0 spiro atoms. The molecule has 0 saturated carbocycles. The molecule has 2 saturated heterocycles. The molecule has 2 heterocycles. The number of carbonyl (C=O) groups is 4. The van der Waals surface area contributed by atoms with Crippen molar-refractivity contribution in [2.24, 2.45) is 0 Å². The first-order valence-electron chi connectivity index (χ1n) is 6.64. The first-order valence-corrected chi connectivity index (χ1v) is 7.79. The van der Waals surface area contributed by atoms with Gasteiger partial charge in [-0.15, -0.1) is 0 Å². The standard InChI is InChI=1S/C12H14O10S/c13-9(7-5-19-11(15)21-7)17-1-3-23-4-2-18-10(14)8-6-20-12(16)22-8/h7-8H,1-6H2. The Morgan fingerprint density at radius 2 is 1.35 bits per heavy atom. The Labute approximate surface area is 134 Å². The number of hydrogen-bond acceptors (Lipinski definition) is 11. The van der Waals surface area contributed by atoms with E-state index in [1.165, 1.54) is 11.8 Å². The summed E-state index contributed by atoms with van der Waals surface area (Å²) in [5, 5.41) is 0. The van der Waals surface area contributed by atoms with Crippen LogP contribution in [0.2, 0.25) is 0 Å². The molecule has 0 aromatic heterocycles. The van der Waals surface area contributed by atoms with Crippen LogP contribution < -0.4 is 0 Å². The molecule has 0 N–H and O–H groups in total. The van der Waals surface area contributed by atoms with Gasteiger partial charge in [-0.3, -0.25) is 0 Å². The topological polar surface area (TPSA) is 124 Å². The summed E-state index contributed by atoms with van der Waals surface area (Å²) in [6.45, 7) is -0.0361. The number of esters is 2. The number of thioether (sulfide) groups is 1. The zero-order valence-corrected chi connectivity index (χ0v) is 12.7. The van der Waals surface area contributed by atoms with Crippen molar-refractivity contribution < 1.29 is 47.6 Å². The Bertz CT molecular complexity index is 436. The van der Waals surface area contributed by atoms with Crippen LogP contribution in [0, 0.1) is 0 Å². The molecule has 2 aliphatic heterocycles. The number of carbonyl (C=O) groups excluding carboxylic acids is 4. The lowest BCUT2D eigenvalue weighted by molar-refractivity contribution is -0.151. The summed E-state index contributed by atoms with van der Waals surface area (Å²) in [6.07, 6.45) is -3.79. The highest BCUT2D eigenvalue weighted by molar-refractivity contribution is 7.99. The van der Waals surface area contributed by atoms with E-state index in [2.05, 4.69) is 18.9 Å². The Balaban J connectivity index is 1.45. The molecule has 2 rings (SSSR count). The first-order chi connectivity index (χ1) is 11.1. The molecule has 2 atom stereocenters. The van der Waals surface area contributed by atoms with Crippen molar-refractivity contribution in [2.45, 2.75) is 12.2 Å². The van der Waals surface area contributed by atoms with E-state index in [-0.39, 0.29) is 26.4 Å². The van der Waals surface area contributed by atoms with Crippen LogP contribution in [0.15, 0.2) is 0 Å². The van der Waals surface area contributed by atoms with E-state index in [1.54, 1.807) is 0 Å². The van der Waals surface area contributed by atoms with Gasteiger partial charge in [-0.1, -0.05) is 0 Å². The normalized spacial score (nSPS) is 22.6. The lowest BCUT2D eigenvalue weighted by Crippen LogP contribution is -2.26. The molecule has 128 valence electrons. The van der Waals surface area contributed by atoms with Gasteiger partial charge in [-0.2, -0.15) is 11.8 Å². The summed E-state index contributed by atoms with van der Waals surface area (Å²) in [5.41, 5.74) is 0. The summed E-state index contributed by atoms with van der Waals surface area (Å²) in [6, 6.07) is 0. The van der Waals surface area contributed by atoms with E-state index in [4.69, 9.17) is 9.47 Å². The average molecular weight is 350 g/mol. The van der Waals surface area contributed by atoms with Crippen LogP contribution in [0.1, 0.15) is 0 Å². The van der Waals surface area contributed by atoms with Gasteiger partial charge in [0.1, 0.15) is 26.4 Å². The molecule has 0 aromatic carbocycles. The summed E-state index contributed by atoms with van der Waals surface area (Å²) < 4.78 is 27.8. The lowest BCUT2D eigenvalue weighted by atomic mass is 10.4. The van der Waals surface area contributed by atoms with Crippen molar-refractivity contribution in [3.8, 4) is 0 Å². The van der Waals surface area contributed by atoms with E-state index in [0.29, 0.717) is 11.5 Å². The Morgan fingerprint density at radius 3 is 1.70 bits per heavy atom. The van der Waals surface area contributed by atoms with E-state index in [9.17, 15) is 19.2 Å². The van der Waals surface area contributed by atoms with Crippen molar-refractivity contribution in [2.75, 3.05) is 37.9 Å². The van der Waals surface area contributed by atoms with Gasteiger partial charge < -0.3 is 28.4 Å². The van der Waals surface area contributed by atoms with Crippen LogP contribution in [0.25, 0.3) is 0 Å². The molecular weight excluding hydrogens is 336 g/mol. The maximum absolute atomic E-state index is 11.4. The SMILES string of the molecule is O=C1OCC(C(=O)OCCSCCOC(=O)C2COC(=O)O2)O1. The van der Waals surface area contributed by atoms with Crippen molar-refractivity contribution >= 4 is 36.0 Å². The van der Waals surface area contributed by atoms with Gasteiger partial charge in [0.15, 0.2) is 0 Å². The number of rotatable bonds is 8. The van der Waals surface area contributed by atoms with Crippen LogP contribution in [-0.2, 0) is 38.0 Å². The van der Waals surface area contributed by atoms with E-state index in [1.807, 2.05) is 0 Å². The molecule has 2 aliphatic rings. The van der Waals surface area contributed by atoms with Gasteiger partial charge in [0, 0.05) is 11.5 Å². The molecule has 10 nitrogen and oxygen atoms in total. The largest absolute Gasteiger partial charge is 0.509 e. The maximum atomic E-state index is 11.4. The highest BCUT2D eigenvalue weighted by atomic mass is 32.2. The van der Waals surface area contributed by atoms with Crippen molar-refractivity contribution in [3.63, 3.8) is 0 Å². The second-order valence-corrected chi connectivity index (χ2v) is 5.51. The highest BCUT2D eigenvalue weighted by Crippen LogP contribution is 2.10. The zero-order chi connectivity index (χ0) is 16.7. The zero-order valence-electron chi connectivity index (χ0n) is 11.9. The molecule has 0 radical (unpaired) electrons. The van der Waals surface area contributed by atoms with Crippen molar-refractivity contribution in [1.82, 2.24) is 0 Å². The monoisotopic (exact) mass is 350 g/mol. The minimum Gasteiger partial charge on any atom is -0.462 e. The van der Waals surface area contributed by atoms with Gasteiger partial charge in [0.05, 0.1) is 0 Å². The Hall–Kier alpha value is -2.17. The highest BCUT2D eigenvalue weighted by Gasteiger charge is 2.33. The van der Waals surface area contributed by atoms with Gasteiger partial charge in [0.2, 0.25) is 12.2 Å². The molecule has 0 aliphatic carbocycles.